The van der Waals surface area contributed by atoms with Gasteiger partial charge in [0.15, 0.2) is 0 Å². The van der Waals surface area contributed by atoms with Gasteiger partial charge in [0.05, 0.1) is 28.8 Å². The van der Waals surface area contributed by atoms with Crippen molar-refractivity contribution in [2.75, 3.05) is 17.7 Å². The van der Waals surface area contributed by atoms with Crippen LogP contribution in [0.1, 0.15) is 16.1 Å². The quantitative estimate of drug-likeness (QED) is 0.857. The van der Waals surface area contributed by atoms with Crippen LogP contribution >= 0.6 is 0 Å². The lowest BCUT2D eigenvalue weighted by Gasteiger charge is -2.08. The summed E-state index contributed by atoms with van der Waals surface area (Å²) in [4.78, 5) is 16.1. The van der Waals surface area contributed by atoms with E-state index in [1.807, 2.05) is 14.0 Å². The third-order valence-electron chi connectivity index (χ3n) is 2.60. The first-order chi connectivity index (χ1) is 8.61. The highest BCUT2D eigenvalue weighted by molar-refractivity contribution is 6.08. The summed E-state index contributed by atoms with van der Waals surface area (Å²) in [5.74, 6) is -0.183. The Labute approximate surface area is 105 Å². The van der Waals surface area contributed by atoms with Crippen molar-refractivity contribution in [2.24, 2.45) is 7.05 Å². The number of hydrogen-bond acceptors (Lipinski definition) is 4. The van der Waals surface area contributed by atoms with Gasteiger partial charge in [0.2, 0.25) is 0 Å². The largest absolute Gasteiger partial charge is 0.386 e. The van der Waals surface area contributed by atoms with Crippen LogP contribution in [0.3, 0.4) is 0 Å². The molecule has 2 aromatic heterocycles. The van der Waals surface area contributed by atoms with Gasteiger partial charge in [-0.2, -0.15) is 5.10 Å². The number of pyridine rings is 1. The Balaban J connectivity index is 2.24. The maximum Gasteiger partial charge on any atom is 0.257 e. The van der Waals surface area contributed by atoms with Crippen LogP contribution in [-0.2, 0) is 7.05 Å². The number of amides is 1. The Hall–Kier alpha value is -2.37. The Morgan fingerprint density at radius 2 is 2.17 bits per heavy atom. The molecule has 0 aromatic carbocycles. The van der Waals surface area contributed by atoms with Crippen LogP contribution in [0, 0.1) is 6.92 Å². The Kier molecular flexibility index (Phi) is 3.27. The van der Waals surface area contributed by atoms with Gasteiger partial charge in [-0.15, -0.1) is 0 Å². The van der Waals surface area contributed by atoms with E-state index in [-0.39, 0.29) is 5.91 Å². The molecular formula is C12H15N5O. The minimum absolute atomic E-state index is 0.183. The van der Waals surface area contributed by atoms with Gasteiger partial charge in [-0.3, -0.25) is 14.5 Å². The molecule has 2 N–H and O–H groups in total. The lowest BCUT2D eigenvalue weighted by molar-refractivity contribution is 0.102. The highest BCUT2D eigenvalue weighted by Gasteiger charge is 2.13. The minimum Gasteiger partial charge on any atom is -0.386 e. The van der Waals surface area contributed by atoms with Gasteiger partial charge < -0.3 is 10.6 Å². The SMILES string of the molecule is CNc1cnccc1C(=O)Nc1cn(C)nc1C. The number of nitrogens with one attached hydrogen (secondary N) is 2. The topological polar surface area (TPSA) is 71.8 Å². The first kappa shape index (κ1) is 12.1. The first-order valence-corrected chi connectivity index (χ1v) is 5.55. The second-order valence-electron chi connectivity index (χ2n) is 3.93. The van der Waals surface area contributed by atoms with E-state index >= 15 is 0 Å². The highest BCUT2D eigenvalue weighted by atomic mass is 16.1. The molecule has 0 spiro atoms. The van der Waals surface area contributed by atoms with Crippen molar-refractivity contribution in [3.63, 3.8) is 0 Å². The molecule has 2 rings (SSSR count). The van der Waals surface area contributed by atoms with Gasteiger partial charge in [-0.05, 0) is 13.0 Å². The van der Waals surface area contributed by atoms with E-state index in [1.165, 1.54) is 0 Å². The summed E-state index contributed by atoms with van der Waals surface area (Å²) in [5, 5.41) is 9.94. The number of aryl methyl sites for hydroxylation is 2. The molecule has 94 valence electrons. The Bertz CT molecular complexity index is 576. The molecule has 0 saturated carbocycles. The summed E-state index contributed by atoms with van der Waals surface area (Å²) in [6, 6.07) is 1.67. The van der Waals surface area contributed by atoms with E-state index in [2.05, 4.69) is 20.7 Å². The summed E-state index contributed by atoms with van der Waals surface area (Å²) in [6.45, 7) is 1.85. The van der Waals surface area contributed by atoms with Crippen molar-refractivity contribution >= 4 is 17.3 Å². The molecule has 0 bridgehead atoms. The highest BCUT2D eigenvalue weighted by Crippen LogP contribution is 2.17. The average molecular weight is 245 g/mol. The van der Waals surface area contributed by atoms with Gasteiger partial charge in [0, 0.05) is 26.5 Å². The van der Waals surface area contributed by atoms with Crippen LogP contribution in [0.5, 0.6) is 0 Å². The summed E-state index contributed by atoms with van der Waals surface area (Å²) < 4.78 is 1.66. The molecular weight excluding hydrogens is 230 g/mol. The third-order valence-corrected chi connectivity index (χ3v) is 2.60. The average Bonchev–Trinajstić information content (AvgIpc) is 2.67. The molecule has 0 aliphatic rings. The lowest BCUT2D eigenvalue weighted by Crippen LogP contribution is -2.14. The van der Waals surface area contributed by atoms with Gasteiger partial charge in [-0.1, -0.05) is 0 Å². The Morgan fingerprint density at radius 1 is 1.39 bits per heavy atom. The van der Waals surface area contributed by atoms with Crippen LogP contribution < -0.4 is 10.6 Å². The number of carbonyl (C=O) groups is 1. The predicted molar refractivity (Wildman–Crippen MR) is 69.7 cm³/mol. The maximum absolute atomic E-state index is 12.1. The van der Waals surface area contributed by atoms with Crippen molar-refractivity contribution < 1.29 is 4.79 Å². The number of carbonyl (C=O) groups excluding carboxylic acids is 1. The van der Waals surface area contributed by atoms with Crippen molar-refractivity contribution in [2.45, 2.75) is 6.92 Å². The molecule has 18 heavy (non-hydrogen) atoms. The molecule has 6 heteroatoms. The number of aromatic nitrogens is 3. The van der Waals surface area contributed by atoms with Gasteiger partial charge in [-0.25, -0.2) is 0 Å². The Morgan fingerprint density at radius 3 is 2.78 bits per heavy atom. The number of anilines is 2. The van der Waals surface area contributed by atoms with E-state index in [1.54, 1.807) is 36.4 Å². The number of nitrogens with zero attached hydrogens (tertiary/aromatic N) is 3. The molecule has 0 radical (unpaired) electrons. The normalized spacial score (nSPS) is 10.2. The van der Waals surface area contributed by atoms with Crippen molar-refractivity contribution in [1.29, 1.82) is 0 Å². The van der Waals surface area contributed by atoms with E-state index in [0.29, 0.717) is 16.9 Å². The minimum atomic E-state index is -0.183. The molecule has 6 nitrogen and oxygen atoms in total. The third kappa shape index (κ3) is 2.32. The zero-order valence-corrected chi connectivity index (χ0v) is 10.6. The van der Waals surface area contributed by atoms with Crippen LogP contribution in [0.2, 0.25) is 0 Å². The fourth-order valence-corrected chi connectivity index (χ4v) is 1.70. The zero-order chi connectivity index (χ0) is 13.1. The molecule has 0 fully saturated rings. The van der Waals surface area contributed by atoms with E-state index < -0.39 is 0 Å². The zero-order valence-electron chi connectivity index (χ0n) is 10.6. The van der Waals surface area contributed by atoms with Crippen LogP contribution in [0.4, 0.5) is 11.4 Å². The fourth-order valence-electron chi connectivity index (χ4n) is 1.70. The summed E-state index contributed by atoms with van der Waals surface area (Å²) in [5.41, 5.74) is 2.74. The van der Waals surface area contributed by atoms with Gasteiger partial charge in [0.1, 0.15) is 0 Å². The predicted octanol–water partition coefficient (Wildman–Crippen LogP) is 1.42. The monoisotopic (exact) mass is 245 g/mol. The number of hydrogen-bond donors (Lipinski definition) is 2. The van der Waals surface area contributed by atoms with E-state index in [0.717, 1.165) is 5.69 Å². The summed E-state index contributed by atoms with van der Waals surface area (Å²) >= 11 is 0. The molecule has 2 heterocycles. The molecule has 0 unspecified atom stereocenters. The second kappa shape index (κ2) is 4.87. The maximum atomic E-state index is 12.1. The number of rotatable bonds is 3. The van der Waals surface area contributed by atoms with E-state index in [9.17, 15) is 4.79 Å². The molecule has 2 aromatic rings. The van der Waals surface area contributed by atoms with E-state index in [4.69, 9.17) is 0 Å². The van der Waals surface area contributed by atoms with Crippen LogP contribution in [0.15, 0.2) is 24.7 Å². The molecule has 0 aliphatic carbocycles. The van der Waals surface area contributed by atoms with Crippen molar-refractivity contribution in [1.82, 2.24) is 14.8 Å². The summed E-state index contributed by atoms with van der Waals surface area (Å²) in [6.07, 6.45) is 4.98. The smallest absolute Gasteiger partial charge is 0.257 e. The van der Waals surface area contributed by atoms with Gasteiger partial charge >= 0.3 is 0 Å². The fraction of sp³-hybridized carbons (Fsp3) is 0.250. The van der Waals surface area contributed by atoms with Crippen LogP contribution in [0.25, 0.3) is 0 Å². The van der Waals surface area contributed by atoms with Crippen LogP contribution in [-0.4, -0.2) is 27.7 Å². The second-order valence-corrected chi connectivity index (χ2v) is 3.93. The molecule has 0 aliphatic heterocycles. The van der Waals surface area contributed by atoms with Crippen molar-refractivity contribution in [3.8, 4) is 0 Å². The lowest BCUT2D eigenvalue weighted by atomic mass is 10.2. The first-order valence-electron chi connectivity index (χ1n) is 5.55. The summed E-state index contributed by atoms with van der Waals surface area (Å²) in [7, 11) is 3.57. The standard InChI is InChI=1S/C12H15N5O/c1-8-11(7-17(3)16-8)15-12(18)9-4-5-14-6-10(9)13-2/h4-7,13H,1-3H3,(H,15,18). The van der Waals surface area contributed by atoms with Gasteiger partial charge in [0.25, 0.3) is 5.91 Å². The molecule has 0 saturated heterocycles. The molecule has 0 atom stereocenters. The molecule has 1 amide bonds. The van der Waals surface area contributed by atoms with Crippen molar-refractivity contribution in [3.05, 3.63) is 35.9 Å².